The lowest BCUT2D eigenvalue weighted by atomic mass is 10.1. The van der Waals surface area contributed by atoms with Crippen molar-refractivity contribution in [1.29, 1.82) is 0 Å². The maximum Gasteiger partial charge on any atom is 0.338 e. The number of hydrogen-bond acceptors (Lipinski definition) is 3. The molecule has 0 bridgehead atoms. The Labute approximate surface area is 174 Å². The number of aryl methyl sites for hydroxylation is 2. The molecule has 0 saturated carbocycles. The molecule has 5 nitrogen and oxygen atoms in total. The minimum Gasteiger partial charge on any atom is -0.462 e. The first-order chi connectivity index (χ1) is 14.6. The Balaban J connectivity index is 1.69. The zero-order valence-electron chi connectivity index (χ0n) is 17.3. The zero-order valence-corrected chi connectivity index (χ0v) is 17.3. The van der Waals surface area contributed by atoms with Crippen molar-refractivity contribution in [2.24, 2.45) is 7.05 Å². The quantitative estimate of drug-likeness (QED) is 0.374. The monoisotopic (exact) mass is 397 g/mol. The van der Waals surface area contributed by atoms with Crippen LogP contribution in [0.5, 0.6) is 0 Å². The Bertz CT molecular complexity index is 1430. The second-order valence-corrected chi connectivity index (χ2v) is 7.41. The van der Waals surface area contributed by atoms with Crippen molar-refractivity contribution < 1.29 is 9.53 Å². The van der Waals surface area contributed by atoms with E-state index >= 15 is 0 Å². The fourth-order valence-corrected chi connectivity index (χ4v) is 4.33. The van der Waals surface area contributed by atoms with Crippen molar-refractivity contribution in [3.63, 3.8) is 0 Å². The van der Waals surface area contributed by atoms with E-state index in [2.05, 4.69) is 58.5 Å². The van der Waals surface area contributed by atoms with Gasteiger partial charge in [-0.25, -0.2) is 9.78 Å². The Morgan fingerprint density at radius 3 is 2.50 bits per heavy atom. The molecule has 5 heteroatoms. The average Bonchev–Trinajstić information content (AvgIpc) is 3.27. The lowest BCUT2D eigenvalue weighted by Gasteiger charge is -2.05. The van der Waals surface area contributed by atoms with E-state index < -0.39 is 0 Å². The SMILES string of the molecule is CCOC(=O)c1ccc2c(c1)nc(-c1ccc3c(c1)c1ccccc1n3CC)n2C. The summed E-state index contributed by atoms with van der Waals surface area (Å²) in [4.78, 5) is 16.9. The number of carbonyl (C=O) groups excluding carboxylic acids is 1. The predicted molar refractivity (Wildman–Crippen MR) is 121 cm³/mol. The number of esters is 1. The van der Waals surface area contributed by atoms with Crippen molar-refractivity contribution >= 4 is 38.8 Å². The first-order valence-electron chi connectivity index (χ1n) is 10.3. The van der Waals surface area contributed by atoms with E-state index in [1.807, 2.05) is 13.1 Å². The van der Waals surface area contributed by atoms with E-state index in [1.165, 1.54) is 21.8 Å². The number of hydrogen-bond donors (Lipinski definition) is 0. The van der Waals surface area contributed by atoms with Gasteiger partial charge in [0.1, 0.15) is 5.82 Å². The molecule has 0 unspecified atom stereocenters. The summed E-state index contributed by atoms with van der Waals surface area (Å²) in [5.74, 6) is 0.557. The van der Waals surface area contributed by atoms with Gasteiger partial charge in [0.25, 0.3) is 0 Å². The second-order valence-electron chi connectivity index (χ2n) is 7.41. The van der Waals surface area contributed by atoms with E-state index in [0.717, 1.165) is 29.0 Å². The number of para-hydroxylation sites is 1. The Morgan fingerprint density at radius 1 is 0.933 bits per heavy atom. The first-order valence-corrected chi connectivity index (χ1v) is 10.3. The van der Waals surface area contributed by atoms with Crippen molar-refractivity contribution in [2.45, 2.75) is 20.4 Å². The van der Waals surface area contributed by atoms with Crippen LogP contribution in [-0.2, 0) is 18.3 Å². The van der Waals surface area contributed by atoms with Gasteiger partial charge in [-0.15, -0.1) is 0 Å². The molecule has 30 heavy (non-hydrogen) atoms. The molecule has 0 saturated heterocycles. The predicted octanol–water partition coefficient (Wildman–Crippen LogP) is 5.54. The summed E-state index contributed by atoms with van der Waals surface area (Å²) in [6.07, 6.45) is 0. The molecule has 5 rings (SSSR count). The summed E-state index contributed by atoms with van der Waals surface area (Å²) in [6.45, 7) is 5.26. The molecular formula is C25H23N3O2. The normalized spacial score (nSPS) is 11.6. The number of benzene rings is 3. The van der Waals surface area contributed by atoms with Crippen molar-refractivity contribution in [3.05, 3.63) is 66.2 Å². The molecule has 5 aromatic rings. The maximum absolute atomic E-state index is 12.1. The molecule has 0 aliphatic rings. The van der Waals surface area contributed by atoms with Gasteiger partial charge in [-0.1, -0.05) is 18.2 Å². The summed E-state index contributed by atoms with van der Waals surface area (Å²) in [7, 11) is 2.01. The molecule has 0 spiro atoms. The third-order valence-corrected chi connectivity index (χ3v) is 5.74. The van der Waals surface area contributed by atoms with Crippen LogP contribution < -0.4 is 0 Å². The largest absolute Gasteiger partial charge is 0.462 e. The van der Waals surface area contributed by atoms with E-state index in [0.29, 0.717) is 12.2 Å². The second kappa shape index (κ2) is 7.02. The zero-order chi connectivity index (χ0) is 20.8. The number of rotatable bonds is 4. The summed E-state index contributed by atoms with van der Waals surface area (Å²) in [6, 6.07) is 20.6. The molecule has 0 atom stereocenters. The summed E-state index contributed by atoms with van der Waals surface area (Å²) < 4.78 is 9.54. The molecule has 0 fully saturated rings. The molecule has 2 aromatic heterocycles. The third-order valence-electron chi connectivity index (χ3n) is 5.74. The van der Waals surface area contributed by atoms with Gasteiger partial charge >= 0.3 is 5.97 Å². The fraction of sp³-hybridized carbons (Fsp3) is 0.200. The molecule has 0 radical (unpaired) electrons. The minimum absolute atomic E-state index is 0.319. The molecular weight excluding hydrogens is 374 g/mol. The molecule has 0 aliphatic carbocycles. The Kier molecular flexibility index (Phi) is 4.31. The molecule has 3 aromatic carbocycles. The van der Waals surface area contributed by atoms with Crippen LogP contribution in [0.3, 0.4) is 0 Å². The molecule has 0 N–H and O–H groups in total. The Morgan fingerprint density at radius 2 is 1.70 bits per heavy atom. The van der Waals surface area contributed by atoms with Gasteiger partial charge in [0.2, 0.25) is 0 Å². The highest BCUT2D eigenvalue weighted by Gasteiger charge is 2.16. The lowest BCUT2D eigenvalue weighted by Crippen LogP contribution is -2.04. The van der Waals surface area contributed by atoms with Gasteiger partial charge in [-0.05, 0) is 56.3 Å². The van der Waals surface area contributed by atoms with E-state index in [1.54, 1.807) is 19.1 Å². The van der Waals surface area contributed by atoms with E-state index in [9.17, 15) is 4.79 Å². The first kappa shape index (κ1) is 18.4. The van der Waals surface area contributed by atoms with Crippen LogP contribution in [0, 0.1) is 0 Å². The summed E-state index contributed by atoms with van der Waals surface area (Å²) >= 11 is 0. The van der Waals surface area contributed by atoms with Crippen LogP contribution in [0.4, 0.5) is 0 Å². The minimum atomic E-state index is -0.319. The summed E-state index contributed by atoms with van der Waals surface area (Å²) in [5, 5.41) is 2.48. The number of nitrogens with zero attached hydrogens (tertiary/aromatic N) is 3. The molecule has 0 amide bonds. The van der Waals surface area contributed by atoms with Crippen LogP contribution in [0.2, 0.25) is 0 Å². The standard InChI is InChI=1S/C25H23N3O2/c1-4-28-21-9-7-6-8-18(21)19-14-16(10-12-22(19)28)24-26-20-15-17(25(29)30-5-2)11-13-23(20)27(24)3/h6-15H,4-5H2,1-3H3. The van der Waals surface area contributed by atoms with Crippen LogP contribution in [0.15, 0.2) is 60.7 Å². The van der Waals surface area contributed by atoms with Crippen molar-refractivity contribution in [1.82, 2.24) is 14.1 Å². The average molecular weight is 397 g/mol. The number of carbonyl (C=O) groups is 1. The van der Waals surface area contributed by atoms with Crippen LogP contribution in [0.1, 0.15) is 24.2 Å². The smallest absolute Gasteiger partial charge is 0.338 e. The lowest BCUT2D eigenvalue weighted by molar-refractivity contribution is 0.0526. The fourth-order valence-electron chi connectivity index (χ4n) is 4.33. The van der Waals surface area contributed by atoms with E-state index in [4.69, 9.17) is 9.72 Å². The van der Waals surface area contributed by atoms with E-state index in [-0.39, 0.29) is 5.97 Å². The van der Waals surface area contributed by atoms with Gasteiger partial charge in [0.05, 0.1) is 23.2 Å². The Hall–Kier alpha value is -3.60. The molecule has 2 heterocycles. The van der Waals surface area contributed by atoms with Crippen molar-refractivity contribution in [2.75, 3.05) is 6.61 Å². The highest BCUT2D eigenvalue weighted by atomic mass is 16.5. The summed E-state index contributed by atoms with van der Waals surface area (Å²) in [5.41, 5.74) is 5.82. The molecule has 0 aliphatic heterocycles. The third kappa shape index (κ3) is 2.70. The topological polar surface area (TPSA) is 49.0 Å². The molecule has 150 valence electrons. The van der Waals surface area contributed by atoms with Gasteiger partial charge in [0.15, 0.2) is 0 Å². The van der Waals surface area contributed by atoms with Crippen LogP contribution in [0.25, 0.3) is 44.2 Å². The maximum atomic E-state index is 12.1. The van der Waals surface area contributed by atoms with Crippen molar-refractivity contribution in [3.8, 4) is 11.4 Å². The number of fused-ring (bicyclic) bond motifs is 4. The van der Waals surface area contributed by atoms with Crippen LogP contribution >= 0.6 is 0 Å². The van der Waals surface area contributed by atoms with Gasteiger partial charge in [-0.3, -0.25) is 0 Å². The van der Waals surface area contributed by atoms with Crippen LogP contribution in [-0.4, -0.2) is 26.7 Å². The number of aromatic nitrogens is 3. The van der Waals surface area contributed by atoms with Gasteiger partial charge in [-0.2, -0.15) is 0 Å². The van der Waals surface area contributed by atoms with Gasteiger partial charge in [0, 0.05) is 41.0 Å². The number of ether oxygens (including phenoxy) is 1. The number of imidazole rings is 1. The highest BCUT2D eigenvalue weighted by molar-refractivity contribution is 6.09. The van der Waals surface area contributed by atoms with Gasteiger partial charge < -0.3 is 13.9 Å². The highest BCUT2D eigenvalue weighted by Crippen LogP contribution is 2.33.